The Morgan fingerprint density at radius 3 is 2.62 bits per heavy atom. The van der Waals surface area contributed by atoms with E-state index in [4.69, 9.17) is 0 Å². The summed E-state index contributed by atoms with van der Waals surface area (Å²) in [5, 5.41) is 2.63. The summed E-state index contributed by atoms with van der Waals surface area (Å²) in [6.45, 7) is 3.84. The van der Waals surface area contributed by atoms with Crippen molar-refractivity contribution < 1.29 is 8.42 Å². The molecule has 0 amide bonds. The Hall–Kier alpha value is -2.09. The second kappa shape index (κ2) is 6.80. The van der Waals surface area contributed by atoms with Gasteiger partial charge in [-0.3, -0.25) is 4.98 Å². The van der Waals surface area contributed by atoms with Crippen LogP contribution in [0.5, 0.6) is 0 Å². The molecule has 1 N–H and O–H groups in total. The summed E-state index contributed by atoms with van der Waals surface area (Å²) in [6.07, 6.45) is 3.41. The molecule has 24 heavy (non-hydrogen) atoms. The van der Waals surface area contributed by atoms with Crippen LogP contribution in [0.1, 0.15) is 16.1 Å². The minimum absolute atomic E-state index is 0.172. The number of aromatic nitrogens is 2. The van der Waals surface area contributed by atoms with Crippen molar-refractivity contribution >= 4 is 21.4 Å². The normalized spacial score (nSPS) is 11.6. The molecule has 0 spiro atoms. The van der Waals surface area contributed by atoms with Gasteiger partial charge in [0.15, 0.2) is 0 Å². The maximum Gasteiger partial charge on any atom is 0.241 e. The average Bonchev–Trinajstić information content (AvgIpc) is 3.05. The van der Waals surface area contributed by atoms with Crippen LogP contribution in [0.15, 0.2) is 53.0 Å². The highest BCUT2D eigenvalue weighted by Gasteiger charge is 2.17. The summed E-state index contributed by atoms with van der Waals surface area (Å²) in [4.78, 5) is 8.77. The van der Waals surface area contributed by atoms with Crippen LogP contribution in [-0.2, 0) is 16.6 Å². The summed E-state index contributed by atoms with van der Waals surface area (Å²) in [5.74, 6) is 0. The Morgan fingerprint density at radius 1 is 1.12 bits per heavy atom. The van der Waals surface area contributed by atoms with E-state index in [2.05, 4.69) is 14.7 Å². The van der Waals surface area contributed by atoms with Crippen LogP contribution < -0.4 is 4.72 Å². The molecule has 0 aliphatic carbocycles. The van der Waals surface area contributed by atoms with Crippen molar-refractivity contribution in [2.24, 2.45) is 0 Å². The van der Waals surface area contributed by atoms with E-state index in [1.807, 2.05) is 36.6 Å². The first-order valence-electron chi connectivity index (χ1n) is 7.37. The van der Waals surface area contributed by atoms with Crippen molar-refractivity contribution in [1.82, 2.24) is 14.7 Å². The smallest absolute Gasteiger partial charge is 0.241 e. The van der Waals surface area contributed by atoms with Crippen LogP contribution in [0.4, 0.5) is 0 Å². The zero-order valence-corrected chi connectivity index (χ0v) is 15.0. The number of hydrogen-bond donors (Lipinski definition) is 1. The Kier molecular flexibility index (Phi) is 4.75. The number of thiazole rings is 1. The van der Waals surface area contributed by atoms with Crippen molar-refractivity contribution in [2.75, 3.05) is 0 Å². The minimum atomic E-state index is -3.56. The monoisotopic (exact) mass is 359 g/mol. The molecule has 0 atom stereocenters. The quantitative estimate of drug-likeness (QED) is 0.759. The molecule has 1 aromatic carbocycles. The van der Waals surface area contributed by atoms with E-state index in [1.54, 1.807) is 25.4 Å². The number of pyridine rings is 1. The Labute approximate surface area is 145 Å². The molecule has 2 aromatic heterocycles. The van der Waals surface area contributed by atoms with Crippen molar-refractivity contribution in [1.29, 1.82) is 0 Å². The van der Waals surface area contributed by atoms with E-state index in [-0.39, 0.29) is 6.54 Å². The summed E-state index contributed by atoms with van der Waals surface area (Å²) >= 11 is 1.43. The lowest BCUT2D eigenvalue weighted by atomic mass is 10.2. The summed E-state index contributed by atoms with van der Waals surface area (Å²) in [7, 11) is -3.56. The third-order valence-corrected chi connectivity index (χ3v) is 5.97. The number of nitrogens with one attached hydrogen (secondary N) is 1. The standard InChI is InChI=1S/C17H17N3O2S2/c1-12-3-4-13(2)16(9-12)24(21,22)19-10-17-20-15(11-23-17)14-5-7-18-8-6-14/h3-9,11,19H,10H2,1-2H3. The Bertz CT molecular complexity index is 951. The fraction of sp³-hybridized carbons (Fsp3) is 0.176. The molecule has 5 nitrogen and oxygen atoms in total. The van der Waals surface area contributed by atoms with Gasteiger partial charge in [-0.25, -0.2) is 18.1 Å². The van der Waals surface area contributed by atoms with Crippen LogP contribution in [0, 0.1) is 13.8 Å². The van der Waals surface area contributed by atoms with Crippen LogP contribution in [0.3, 0.4) is 0 Å². The molecule has 0 aliphatic heterocycles. The molecule has 0 fully saturated rings. The van der Waals surface area contributed by atoms with E-state index in [1.165, 1.54) is 11.3 Å². The molecule has 0 saturated heterocycles. The molecule has 0 aliphatic rings. The van der Waals surface area contributed by atoms with Gasteiger partial charge in [0.05, 0.1) is 17.1 Å². The predicted molar refractivity (Wildman–Crippen MR) is 95.3 cm³/mol. The second-order valence-electron chi connectivity index (χ2n) is 5.46. The highest BCUT2D eigenvalue weighted by molar-refractivity contribution is 7.89. The second-order valence-corrected chi connectivity index (χ2v) is 8.13. The van der Waals surface area contributed by atoms with E-state index in [0.717, 1.165) is 27.4 Å². The molecular weight excluding hydrogens is 342 g/mol. The van der Waals surface area contributed by atoms with Gasteiger partial charge in [0.1, 0.15) is 5.01 Å². The molecule has 0 radical (unpaired) electrons. The molecule has 2 heterocycles. The Morgan fingerprint density at radius 2 is 1.88 bits per heavy atom. The lowest BCUT2D eigenvalue weighted by molar-refractivity contribution is 0.580. The van der Waals surface area contributed by atoms with Crippen LogP contribution in [0.25, 0.3) is 11.3 Å². The van der Waals surface area contributed by atoms with Gasteiger partial charge in [0, 0.05) is 23.3 Å². The van der Waals surface area contributed by atoms with Crippen LogP contribution in [-0.4, -0.2) is 18.4 Å². The van der Waals surface area contributed by atoms with Gasteiger partial charge in [0.2, 0.25) is 10.0 Å². The van der Waals surface area contributed by atoms with Crippen molar-refractivity contribution in [3.63, 3.8) is 0 Å². The van der Waals surface area contributed by atoms with Gasteiger partial charge < -0.3 is 0 Å². The van der Waals surface area contributed by atoms with Gasteiger partial charge in [-0.15, -0.1) is 11.3 Å². The number of hydrogen-bond acceptors (Lipinski definition) is 5. The number of aryl methyl sites for hydroxylation is 2. The zero-order valence-electron chi connectivity index (χ0n) is 13.4. The van der Waals surface area contributed by atoms with Gasteiger partial charge in [-0.2, -0.15) is 0 Å². The predicted octanol–water partition coefficient (Wildman–Crippen LogP) is 3.30. The summed E-state index contributed by atoms with van der Waals surface area (Å²) < 4.78 is 27.7. The lowest BCUT2D eigenvalue weighted by Crippen LogP contribution is -2.24. The fourth-order valence-electron chi connectivity index (χ4n) is 2.28. The van der Waals surface area contributed by atoms with Crippen LogP contribution >= 0.6 is 11.3 Å². The van der Waals surface area contributed by atoms with Gasteiger partial charge >= 0.3 is 0 Å². The maximum atomic E-state index is 12.5. The molecule has 7 heteroatoms. The molecule has 124 valence electrons. The number of nitrogens with zero attached hydrogens (tertiary/aromatic N) is 2. The highest BCUT2D eigenvalue weighted by Crippen LogP contribution is 2.22. The van der Waals surface area contributed by atoms with E-state index < -0.39 is 10.0 Å². The molecule has 0 unspecified atom stereocenters. The first kappa shape index (κ1) is 16.8. The number of benzene rings is 1. The minimum Gasteiger partial charge on any atom is -0.265 e. The SMILES string of the molecule is Cc1ccc(C)c(S(=O)(=O)NCc2nc(-c3ccncc3)cs2)c1. The van der Waals surface area contributed by atoms with E-state index in [0.29, 0.717) is 4.90 Å². The third kappa shape index (κ3) is 3.69. The first-order valence-corrected chi connectivity index (χ1v) is 9.74. The highest BCUT2D eigenvalue weighted by atomic mass is 32.2. The van der Waals surface area contributed by atoms with Crippen molar-refractivity contribution in [3.8, 4) is 11.3 Å². The van der Waals surface area contributed by atoms with Crippen molar-refractivity contribution in [3.05, 3.63) is 64.2 Å². The maximum absolute atomic E-state index is 12.5. The molecule has 0 bridgehead atoms. The van der Waals surface area contributed by atoms with Gasteiger partial charge in [0.25, 0.3) is 0 Å². The van der Waals surface area contributed by atoms with Gasteiger partial charge in [-0.1, -0.05) is 12.1 Å². The largest absolute Gasteiger partial charge is 0.265 e. The topological polar surface area (TPSA) is 72.0 Å². The third-order valence-electron chi connectivity index (χ3n) is 3.57. The van der Waals surface area contributed by atoms with E-state index in [9.17, 15) is 8.42 Å². The summed E-state index contributed by atoms with van der Waals surface area (Å²) in [5.41, 5.74) is 3.42. The average molecular weight is 359 g/mol. The summed E-state index contributed by atoms with van der Waals surface area (Å²) in [6, 6.07) is 9.14. The molecule has 0 saturated carbocycles. The molecular formula is C17H17N3O2S2. The van der Waals surface area contributed by atoms with Crippen LogP contribution in [0.2, 0.25) is 0 Å². The number of sulfonamides is 1. The molecule has 3 rings (SSSR count). The molecule has 3 aromatic rings. The first-order chi connectivity index (χ1) is 11.5. The number of rotatable bonds is 5. The zero-order chi connectivity index (χ0) is 17.2. The van der Waals surface area contributed by atoms with Gasteiger partial charge in [-0.05, 0) is 43.2 Å². The van der Waals surface area contributed by atoms with E-state index >= 15 is 0 Å². The van der Waals surface area contributed by atoms with Crippen molar-refractivity contribution in [2.45, 2.75) is 25.3 Å². The Balaban J connectivity index is 1.76. The lowest BCUT2D eigenvalue weighted by Gasteiger charge is -2.09. The fourth-order valence-corrected chi connectivity index (χ4v) is 4.43.